The van der Waals surface area contributed by atoms with Gasteiger partial charge in [-0.1, -0.05) is 6.92 Å². The molecule has 1 aliphatic heterocycles. The number of likely N-dealkylation sites (tertiary alicyclic amines) is 1. The number of rotatable bonds is 5. The zero-order valence-corrected chi connectivity index (χ0v) is 14.1. The van der Waals surface area contributed by atoms with Crippen LogP contribution in [0, 0.1) is 5.92 Å². The highest BCUT2D eigenvalue weighted by Crippen LogP contribution is 2.25. The summed E-state index contributed by atoms with van der Waals surface area (Å²) in [7, 11) is 3.21. The van der Waals surface area contributed by atoms with Crippen LogP contribution < -0.4 is 15.2 Å². The second kappa shape index (κ2) is 8.02. The Morgan fingerprint density at radius 3 is 2.52 bits per heavy atom. The highest BCUT2D eigenvalue weighted by molar-refractivity contribution is 5.92. The smallest absolute Gasteiger partial charge is 0.246 e. The SMILES string of the molecule is COc1cc(C=CC(=O)N2CCCC(C)C2CN)cc(OC)c1. The van der Waals surface area contributed by atoms with Gasteiger partial charge in [-0.3, -0.25) is 4.79 Å². The van der Waals surface area contributed by atoms with Gasteiger partial charge in [0.1, 0.15) is 11.5 Å². The molecule has 0 saturated carbocycles. The minimum atomic E-state index is 0.00814. The molecule has 2 N–H and O–H groups in total. The molecule has 0 radical (unpaired) electrons. The summed E-state index contributed by atoms with van der Waals surface area (Å²) in [5.74, 6) is 1.85. The van der Waals surface area contributed by atoms with Crippen molar-refractivity contribution in [2.75, 3.05) is 27.3 Å². The van der Waals surface area contributed by atoms with Crippen LogP contribution in [0.2, 0.25) is 0 Å². The molecule has 1 aromatic rings. The molecule has 0 spiro atoms. The van der Waals surface area contributed by atoms with Crippen molar-refractivity contribution in [1.82, 2.24) is 4.90 Å². The molecule has 5 nitrogen and oxygen atoms in total. The predicted octanol–water partition coefficient (Wildman–Crippen LogP) is 2.30. The fourth-order valence-corrected chi connectivity index (χ4v) is 3.07. The van der Waals surface area contributed by atoms with E-state index in [0.717, 1.165) is 24.9 Å². The van der Waals surface area contributed by atoms with Crippen LogP contribution in [0.15, 0.2) is 24.3 Å². The van der Waals surface area contributed by atoms with Crippen LogP contribution in [0.25, 0.3) is 6.08 Å². The minimum absolute atomic E-state index is 0.00814. The summed E-state index contributed by atoms with van der Waals surface area (Å²) in [5.41, 5.74) is 6.72. The van der Waals surface area contributed by atoms with Gasteiger partial charge in [-0.15, -0.1) is 0 Å². The molecular formula is C18H26N2O3. The van der Waals surface area contributed by atoms with Gasteiger partial charge in [-0.05, 0) is 42.5 Å². The van der Waals surface area contributed by atoms with Crippen LogP contribution in [0.3, 0.4) is 0 Å². The monoisotopic (exact) mass is 318 g/mol. The van der Waals surface area contributed by atoms with Crippen molar-refractivity contribution in [1.29, 1.82) is 0 Å². The molecule has 0 bridgehead atoms. The lowest BCUT2D eigenvalue weighted by atomic mass is 9.90. The van der Waals surface area contributed by atoms with Gasteiger partial charge < -0.3 is 20.1 Å². The molecule has 0 aliphatic carbocycles. The van der Waals surface area contributed by atoms with E-state index in [-0.39, 0.29) is 11.9 Å². The number of hydrogen-bond donors (Lipinski definition) is 1. The van der Waals surface area contributed by atoms with Crippen LogP contribution in [0.5, 0.6) is 11.5 Å². The van der Waals surface area contributed by atoms with Gasteiger partial charge in [-0.2, -0.15) is 0 Å². The molecule has 126 valence electrons. The largest absolute Gasteiger partial charge is 0.497 e. The van der Waals surface area contributed by atoms with Gasteiger partial charge >= 0.3 is 0 Å². The van der Waals surface area contributed by atoms with E-state index < -0.39 is 0 Å². The Hall–Kier alpha value is -2.01. The molecule has 1 aliphatic rings. The molecule has 1 heterocycles. The third-order valence-electron chi connectivity index (χ3n) is 4.43. The second-order valence-electron chi connectivity index (χ2n) is 5.93. The van der Waals surface area contributed by atoms with Gasteiger partial charge in [0.05, 0.1) is 14.2 Å². The first-order valence-corrected chi connectivity index (χ1v) is 8.01. The van der Waals surface area contributed by atoms with E-state index in [1.807, 2.05) is 17.0 Å². The molecule has 2 atom stereocenters. The Morgan fingerprint density at radius 2 is 1.96 bits per heavy atom. The van der Waals surface area contributed by atoms with E-state index in [2.05, 4.69) is 6.92 Å². The molecule has 2 unspecified atom stereocenters. The first kappa shape index (κ1) is 17.3. The van der Waals surface area contributed by atoms with Crippen molar-refractivity contribution in [3.05, 3.63) is 29.8 Å². The van der Waals surface area contributed by atoms with E-state index in [9.17, 15) is 4.79 Å². The highest BCUT2D eigenvalue weighted by atomic mass is 16.5. The zero-order chi connectivity index (χ0) is 16.8. The Balaban J connectivity index is 2.14. The quantitative estimate of drug-likeness (QED) is 0.846. The Kier molecular flexibility index (Phi) is 6.04. The molecular weight excluding hydrogens is 292 g/mol. The number of methoxy groups -OCH3 is 2. The van der Waals surface area contributed by atoms with E-state index >= 15 is 0 Å². The molecule has 1 aromatic carbocycles. The maximum Gasteiger partial charge on any atom is 0.246 e. The van der Waals surface area contributed by atoms with E-state index in [1.165, 1.54) is 0 Å². The number of hydrogen-bond acceptors (Lipinski definition) is 4. The Morgan fingerprint density at radius 1 is 1.30 bits per heavy atom. The van der Waals surface area contributed by atoms with Gasteiger partial charge in [0.25, 0.3) is 0 Å². The van der Waals surface area contributed by atoms with Gasteiger partial charge in [0.2, 0.25) is 5.91 Å². The summed E-state index contributed by atoms with van der Waals surface area (Å²) in [6, 6.07) is 5.66. The second-order valence-corrected chi connectivity index (χ2v) is 5.93. The molecule has 1 amide bonds. The minimum Gasteiger partial charge on any atom is -0.497 e. The molecule has 2 rings (SSSR count). The van der Waals surface area contributed by atoms with Crippen LogP contribution in [0.4, 0.5) is 0 Å². The molecule has 23 heavy (non-hydrogen) atoms. The van der Waals surface area contributed by atoms with Crippen molar-refractivity contribution in [3.8, 4) is 11.5 Å². The van der Waals surface area contributed by atoms with Crippen molar-refractivity contribution in [2.45, 2.75) is 25.8 Å². The molecule has 0 aromatic heterocycles. The number of amides is 1. The number of piperidine rings is 1. The summed E-state index contributed by atoms with van der Waals surface area (Å²) < 4.78 is 10.5. The zero-order valence-electron chi connectivity index (χ0n) is 14.1. The number of ether oxygens (including phenoxy) is 2. The van der Waals surface area contributed by atoms with Crippen LogP contribution in [-0.4, -0.2) is 44.2 Å². The van der Waals surface area contributed by atoms with Crippen LogP contribution in [-0.2, 0) is 4.79 Å². The lowest BCUT2D eigenvalue weighted by Crippen LogP contribution is -2.50. The molecule has 5 heteroatoms. The standard InChI is InChI=1S/C18H26N2O3/c1-13-5-4-8-20(17(13)12-19)18(21)7-6-14-9-15(22-2)11-16(10-14)23-3/h6-7,9-11,13,17H,4-5,8,12,19H2,1-3H3. The van der Waals surface area contributed by atoms with Crippen molar-refractivity contribution < 1.29 is 14.3 Å². The summed E-state index contributed by atoms with van der Waals surface area (Å²) in [5, 5.41) is 0. The normalized spacial score (nSPS) is 21.5. The van der Waals surface area contributed by atoms with Gasteiger partial charge in [0, 0.05) is 31.3 Å². The summed E-state index contributed by atoms with van der Waals surface area (Å²) in [6.07, 6.45) is 5.56. The van der Waals surface area contributed by atoms with Crippen molar-refractivity contribution in [2.24, 2.45) is 11.7 Å². The number of benzene rings is 1. The number of nitrogens with two attached hydrogens (primary N) is 1. The summed E-state index contributed by atoms with van der Waals surface area (Å²) in [6.45, 7) is 3.44. The third kappa shape index (κ3) is 4.26. The van der Waals surface area contributed by atoms with E-state index in [1.54, 1.807) is 32.4 Å². The van der Waals surface area contributed by atoms with Gasteiger partial charge in [-0.25, -0.2) is 0 Å². The molecule has 1 fully saturated rings. The van der Waals surface area contributed by atoms with Crippen LogP contribution in [0.1, 0.15) is 25.3 Å². The van der Waals surface area contributed by atoms with Gasteiger partial charge in [0.15, 0.2) is 0 Å². The Labute approximate surface area is 138 Å². The number of carbonyl (C=O) groups excluding carboxylic acids is 1. The fourth-order valence-electron chi connectivity index (χ4n) is 3.07. The van der Waals surface area contributed by atoms with E-state index in [0.29, 0.717) is 24.0 Å². The summed E-state index contributed by atoms with van der Waals surface area (Å²) in [4.78, 5) is 14.4. The van der Waals surface area contributed by atoms with Crippen molar-refractivity contribution in [3.63, 3.8) is 0 Å². The Bertz CT molecular complexity index is 549. The molecule has 1 saturated heterocycles. The summed E-state index contributed by atoms with van der Waals surface area (Å²) >= 11 is 0. The lowest BCUT2D eigenvalue weighted by molar-refractivity contribution is -0.130. The number of nitrogens with zero attached hydrogens (tertiary/aromatic N) is 1. The lowest BCUT2D eigenvalue weighted by Gasteiger charge is -2.38. The first-order valence-electron chi connectivity index (χ1n) is 8.01. The highest BCUT2D eigenvalue weighted by Gasteiger charge is 2.29. The van der Waals surface area contributed by atoms with Crippen LogP contribution >= 0.6 is 0 Å². The maximum absolute atomic E-state index is 12.5. The third-order valence-corrected chi connectivity index (χ3v) is 4.43. The van der Waals surface area contributed by atoms with E-state index in [4.69, 9.17) is 15.2 Å². The fraction of sp³-hybridized carbons (Fsp3) is 0.500. The first-order chi connectivity index (χ1) is 11.1. The number of carbonyl (C=O) groups is 1. The average molecular weight is 318 g/mol. The maximum atomic E-state index is 12.5. The predicted molar refractivity (Wildman–Crippen MR) is 91.5 cm³/mol. The average Bonchev–Trinajstić information content (AvgIpc) is 2.58. The topological polar surface area (TPSA) is 64.8 Å². The van der Waals surface area contributed by atoms with Crippen molar-refractivity contribution >= 4 is 12.0 Å².